The molecule has 6 heteroatoms. The second-order valence-electron chi connectivity index (χ2n) is 9.61. The van der Waals surface area contributed by atoms with Gasteiger partial charge in [-0.15, -0.1) is 0 Å². The Morgan fingerprint density at radius 2 is 1.78 bits per heavy atom. The van der Waals surface area contributed by atoms with Crippen LogP contribution in [0.1, 0.15) is 77.3 Å². The minimum atomic E-state index is -0.586. The molecule has 2 N–H and O–H groups in total. The smallest absolute Gasteiger partial charge is 0.343 e. The van der Waals surface area contributed by atoms with Crippen molar-refractivity contribution in [2.24, 2.45) is 5.92 Å². The molecule has 184 valence electrons. The fourth-order valence-electron chi connectivity index (χ4n) is 5.03. The quantitative estimate of drug-likeness (QED) is 0.430. The first kappa shape index (κ1) is 23.8. The summed E-state index contributed by atoms with van der Waals surface area (Å²) in [5.74, 6) is -0.635. The van der Waals surface area contributed by atoms with Gasteiger partial charge in [0.15, 0.2) is 5.78 Å². The number of carbonyl (C=O) groups excluding carboxylic acids is 2. The van der Waals surface area contributed by atoms with Crippen LogP contribution < -0.4 is 10.9 Å². The summed E-state index contributed by atoms with van der Waals surface area (Å²) in [6.07, 6.45) is 8.30. The van der Waals surface area contributed by atoms with E-state index in [1.54, 1.807) is 12.1 Å². The lowest BCUT2D eigenvalue weighted by atomic mass is 9.85. The molecule has 1 atom stereocenters. The van der Waals surface area contributed by atoms with Crippen molar-refractivity contribution >= 4 is 23.5 Å². The molecule has 6 nitrogen and oxygen atoms in total. The Bertz CT molecular complexity index is 1370. The van der Waals surface area contributed by atoms with E-state index in [9.17, 15) is 19.5 Å². The van der Waals surface area contributed by atoms with Gasteiger partial charge in [0.1, 0.15) is 11.5 Å². The number of nitrogens with one attached hydrogen (secondary N) is 1. The van der Waals surface area contributed by atoms with Crippen molar-refractivity contribution in [2.45, 2.75) is 50.9 Å². The SMILES string of the molecule is O=C(C=Cc1ccccc1)Nc1cccc(C(c2c(O)c3c(oc2=O)CCCCCC3=O)C2CC2)c1. The van der Waals surface area contributed by atoms with Gasteiger partial charge in [-0.2, -0.15) is 0 Å². The van der Waals surface area contributed by atoms with Gasteiger partial charge < -0.3 is 14.8 Å². The Morgan fingerprint density at radius 1 is 1.00 bits per heavy atom. The van der Waals surface area contributed by atoms with E-state index in [1.165, 1.54) is 6.08 Å². The molecule has 1 fully saturated rings. The van der Waals surface area contributed by atoms with Crippen molar-refractivity contribution in [1.82, 2.24) is 0 Å². The molecule has 0 aliphatic heterocycles. The van der Waals surface area contributed by atoms with Crippen LogP contribution in [0.2, 0.25) is 0 Å². The van der Waals surface area contributed by atoms with Gasteiger partial charge in [-0.1, -0.05) is 48.9 Å². The summed E-state index contributed by atoms with van der Waals surface area (Å²) in [6, 6.07) is 16.9. The molecule has 0 bridgehead atoms. The van der Waals surface area contributed by atoms with Crippen LogP contribution in [0.3, 0.4) is 0 Å². The maximum atomic E-state index is 13.1. The summed E-state index contributed by atoms with van der Waals surface area (Å²) in [7, 11) is 0. The van der Waals surface area contributed by atoms with Crippen LogP contribution in [-0.2, 0) is 11.2 Å². The normalized spacial score (nSPS) is 16.7. The van der Waals surface area contributed by atoms with Gasteiger partial charge >= 0.3 is 5.63 Å². The second kappa shape index (κ2) is 10.4. The number of benzene rings is 2. The van der Waals surface area contributed by atoms with E-state index in [0.717, 1.165) is 43.2 Å². The summed E-state index contributed by atoms with van der Waals surface area (Å²) < 4.78 is 5.65. The minimum absolute atomic E-state index is 0.151. The van der Waals surface area contributed by atoms with E-state index in [0.29, 0.717) is 24.3 Å². The van der Waals surface area contributed by atoms with E-state index in [4.69, 9.17) is 4.42 Å². The number of amides is 1. The standard InChI is InChI=1S/C30H29NO5/c32-23-12-5-2-6-13-24-27(23)29(34)28(30(35)36-24)26(20-15-16-20)21-10-7-11-22(18-21)31-25(33)17-14-19-8-3-1-4-9-19/h1,3-4,7-11,14,17-18,20,26,34H,2,5-6,12-13,15-16H2,(H,31,33). The molecule has 0 saturated heterocycles. The fourth-order valence-corrected chi connectivity index (χ4v) is 5.03. The molecule has 1 aromatic heterocycles. The zero-order valence-corrected chi connectivity index (χ0v) is 20.0. The number of anilines is 1. The summed E-state index contributed by atoms with van der Waals surface area (Å²) in [6.45, 7) is 0. The molecule has 2 aromatic carbocycles. The van der Waals surface area contributed by atoms with Crippen LogP contribution in [-0.4, -0.2) is 16.8 Å². The van der Waals surface area contributed by atoms with Gasteiger partial charge in [0.25, 0.3) is 0 Å². The largest absolute Gasteiger partial charge is 0.506 e. The molecular weight excluding hydrogens is 454 g/mol. The van der Waals surface area contributed by atoms with Crippen LogP contribution in [0, 0.1) is 5.92 Å². The van der Waals surface area contributed by atoms with Gasteiger partial charge in [0.2, 0.25) is 5.91 Å². The van der Waals surface area contributed by atoms with Gasteiger partial charge in [0, 0.05) is 30.5 Å². The van der Waals surface area contributed by atoms with Gasteiger partial charge in [0.05, 0.1) is 11.1 Å². The average molecular weight is 484 g/mol. The van der Waals surface area contributed by atoms with E-state index >= 15 is 0 Å². The van der Waals surface area contributed by atoms with Gasteiger partial charge in [-0.25, -0.2) is 4.79 Å². The van der Waals surface area contributed by atoms with Gasteiger partial charge in [-0.3, -0.25) is 9.59 Å². The molecule has 1 unspecified atom stereocenters. The molecule has 5 rings (SSSR count). The van der Waals surface area contributed by atoms with Crippen LogP contribution in [0.4, 0.5) is 5.69 Å². The van der Waals surface area contributed by atoms with Crippen LogP contribution in [0.5, 0.6) is 5.75 Å². The predicted molar refractivity (Wildman–Crippen MR) is 138 cm³/mol. The molecule has 1 saturated carbocycles. The van der Waals surface area contributed by atoms with E-state index < -0.39 is 11.5 Å². The number of aryl methyl sites for hydroxylation is 1. The number of hydrogen-bond donors (Lipinski definition) is 2. The molecule has 1 amide bonds. The summed E-state index contributed by atoms with van der Waals surface area (Å²) >= 11 is 0. The average Bonchev–Trinajstić information content (AvgIpc) is 3.69. The Morgan fingerprint density at radius 3 is 2.56 bits per heavy atom. The molecule has 0 spiro atoms. The third-order valence-corrected chi connectivity index (χ3v) is 6.94. The number of fused-ring (bicyclic) bond motifs is 1. The zero-order valence-electron chi connectivity index (χ0n) is 20.0. The maximum Gasteiger partial charge on any atom is 0.343 e. The van der Waals surface area contributed by atoms with Crippen LogP contribution in [0.25, 0.3) is 6.08 Å². The first-order valence-corrected chi connectivity index (χ1v) is 12.6. The topological polar surface area (TPSA) is 96.6 Å². The highest BCUT2D eigenvalue weighted by Gasteiger charge is 2.39. The molecule has 2 aliphatic rings. The zero-order chi connectivity index (χ0) is 25.1. The van der Waals surface area contributed by atoms with Gasteiger partial charge in [-0.05, 0) is 60.9 Å². The van der Waals surface area contributed by atoms with Crippen molar-refractivity contribution < 1.29 is 19.1 Å². The first-order valence-electron chi connectivity index (χ1n) is 12.6. The lowest BCUT2D eigenvalue weighted by Gasteiger charge is -2.21. The molecular formula is C30H29NO5. The summed E-state index contributed by atoms with van der Waals surface area (Å²) in [5.41, 5.74) is 2.04. The van der Waals surface area contributed by atoms with Crippen LogP contribution in [0.15, 0.2) is 69.9 Å². The van der Waals surface area contributed by atoms with Crippen molar-refractivity contribution in [2.75, 3.05) is 5.32 Å². The number of aromatic hydroxyl groups is 1. The number of rotatable bonds is 6. The third kappa shape index (κ3) is 5.18. The lowest BCUT2D eigenvalue weighted by Crippen LogP contribution is -2.21. The van der Waals surface area contributed by atoms with Crippen molar-refractivity contribution in [3.63, 3.8) is 0 Å². The monoisotopic (exact) mass is 483 g/mol. The Kier molecular flexibility index (Phi) is 6.85. The van der Waals surface area contributed by atoms with Crippen LogP contribution >= 0.6 is 0 Å². The van der Waals surface area contributed by atoms with E-state index in [2.05, 4.69) is 5.32 Å². The highest BCUT2D eigenvalue weighted by atomic mass is 16.4. The molecule has 2 aliphatic carbocycles. The predicted octanol–water partition coefficient (Wildman–Crippen LogP) is 5.84. The minimum Gasteiger partial charge on any atom is -0.506 e. The van der Waals surface area contributed by atoms with Crippen molar-refractivity contribution in [1.29, 1.82) is 0 Å². The maximum absolute atomic E-state index is 13.1. The molecule has 1 heterocycles. The second-order valence-corrected chi connectivity index (χ2v) is 9.61. The lowest BCUT2D eigenvalue weighted by molar-refractivity contribution is -0.111. The first-order chi connectivity index (χ1) is 17.5. The molecule has 3 aromatic rings. The summed E-state index contributed by atoms with van der Waals surface area (Å²) in [5, 5.41) is 14.1. The Balaban J connectivity index is 1.46. The van der Waals surface area contributed by atoms with E-state index in [1.807, 2.05) is 48.5 Å². The fraction of sp³-hybridized carbons (Fsp3) is 0.300. The van der Waals surface area contributed by atoms with E-state index in [-0.39, 0.29) is 34.5 Å². The molecule has 36 heavy (non-hydrogen) atoms. The number of Topliss-reactive ketones (excluding diaryl/α,β-unsaturated/α-hetero) is 1. The highest BCUT2D eigenvalue weighted by molar-refractivity contribution is 6.02. The third-order valence-electron chi connectivity index (χ3n) is 6.94. The number of hydrogen-bond acceptors (Lipinski definition) is 5. The highest BCUT2D eigenvalue weighted by Crippen LogP contribution is 2.49. The summed E-state index contributed by atoms with van der Waals surface area (Å²) in [4.78, 5) is 38.5. The number of carbonyl (C=O) groups is 2. The van der Waals surface area contributed by atoms with Crippen molar-refractivity contribution in [3.8, 4) is 5.75 Å². The Labute approximate surface area is 209 Å². The molecule has 0 radical (unpaired) electrons. The van der Waals surface area contributed by atoms with Crippen molar-refractivity contribution in [3.05, 3.63) is 99.1 Å². The Hall–Kier alpha value is -3.93. The number of ketones is 1.